The van der Waals surface area contributed by atoms with Crippen LogP contribution in [0.25, 0.3) is 0 Å². The molecule has 0 amide bonds. The minimum absolute atomic E-state index is 0.0202. The van der Waals surface area contributed by atoms with Gasteiger partial charge in [-0.15, -0.1) is 0 Å². The van der Waals surface area contributed by atoms with Gasteiger partial charge in [0, 0.05) is 6.07 Å². The van der Waals surface area contributed by atoms with Crippen LogP contribution in [0.15, 0.2) is 150 Å². The maximum Gasteiger partial charge on any atom is 0.162 e. The summed E-state index contributed by atoms with van der Waals surface area (Å²) >= 11 is 3.77. The average Bonchev–Trinajstić information content (AvgIpc) is 3.22. The van der Waals surface area contributed by atoms with Crippen molar-refractivity contribution in [2.45, 2.75) is 44.7 Å². The van der Waals surface area contributed by atoms with Gasteiger partial charge in [0.25, 0.3) is 0 Å². The number of fused-ring (bicyclic) bond motifs is 1. The Morgan fingerprint density at radius 2 is 1.00 bits per heavy atom. The highest BCUT2D eigenvalue weighted by atomic mass is 79.9. The zero-order chi connectivity index (χ0) is 37.1. The minimum atomic E-state index is -1.20. The predicted molar refractivity (Wildman–Crippen MR) is 209 cm³/mol. The molecule has 0 saturated carbocycles. The van der Waals surface area contributed by atoms with E-state index in [1.165, 1.54) is 0 Å². The fourth-order valence-electron chi connectivity index (χ4n) is 6.24. The third-order valence-electron chi connectivity index (χ3n) is 8.97. The third kappa shape index (κ3) is 9.06. The predicted octanol–water partition coefficient (Wildman–Crippen LogP) is 9.31. The van der Waals surface area contributed by atoms with E-state index >= 15 is 0 Å². The normalized spacial score (nSPS) is 16.2. The van der Waals surface area contributed by atoms with Crippen LogP contribution in [-0.4, -0.2) is 29.5 Å². The van der Waals surface area contributed by atoms with Crippen molar-refractivity contribution in [1.29, 1.82) is 0 Å². The van der Waals surface area contributed by atoms with Crippen molar-refractivity contribution in [3.05, 3.63) is 183 Å². The molecule has 0 aromatic heterocycles. The highest BCUT2D eigenvalue weighted by molar-refractivity contribution is 9.10. The van der Waals surface area contributed by atoms with Crippen LogP contribution >= 0.6 is 15.9 Å². The van der Waals surface area contributed by atoms with E-state index in [0.29, 0.717) is 64.2 Å². The molecule has 276 valence electrons. The fraction of sp³-hybridized carbons (Fsp3) is 0.200. The first-order chi connectivity index (χ1) is 26.6. The van der Waals surface area contributed by atoms with Gasteiger partial charge in [-0.1, -0.05) is 127 Å². The van der Waals surface area contributed by atoms with Crippen LogP contribution in [0.5, 0.6) is 28.7 Å². The summed E-state index contributed by atoms with van der Waals surface area (Å²) in [6, 6.07) is 46.8. The van der Waals surface area contributed by atoms with Crippen LogP contribution in [0.2, 0.25) is 0 Å². The molecule has 0 bridgehead atoms. The molecule has 3 atom stereocenters. The Bertz CT molecular complexity index is 2080. The summed E-state index contributed by atoms with van der Waals surface area (Å²) in [4.78, 5) is 0. The van der Waals surface area contributed by atoms with Gasteiger partial charge in [0.2, 0.25) is 0 Å². The Hall–Kier alpha value is -5.32. The summed E-state index contributed by atoms with van der Waals surface area (Å²) < 4.78 is 38.9. The van der Waals surface area contributed by atoms with E-state index in [4.69, 9.17) is 28.4 Å². The fourth-order valence-corrected chi connectivity index (χ4v) is 6.78. The van der Waals surface area contributed by atoms with Crippen LogP contribution in [0.3, 0.4) is 0 Å². The first-order valence-corrected chi connectivity index (χ1v) is 18.6. The smallest absolute Gasteiger partial charge is 0.162 e. The summed E-state index contributed by atoms with van der Waals surface area (Å²) in [6.45, 7) is 0.952. The Morgan fingerprint density at radius 1 is 0.537 bits per heavy atom. The summed E-state index contributed by atoms with van der Waals surface area (Å²) in [5, 5.41) is 21.9. The van der Waals surface area contributed by atoms with Crippen molar-refractivity contribution in [3.8, 4) is 28.7 Å². The van der Waals surface area contributed by atoms with Crippen molar-refractivity contribution >= 4 is 15.9 Å². The maximum absolute atomic E-state index is 12.1. The van der Waals surface area contributed by atoms with Gasteiger partial charge in [0.05, 0.1) is 18.8 Å². The zero-order valence-electron chi connectivity index (χ0n) is 29.6. The maximum atomic E-state index is 12.1. The second-order valence-corrected chi connectivity index (χ2v) is 13.6. The van der Waals surface area contributed by atoms with Crippen LogP contribution < -0.4 is 23.7 Å². The number of rotatable bonds is 16. The summed E-state index contributed by atoms with van der Waals surface area (Å²) in [6.07, 6.45) is -3.05. The van der Waals surface area contributed by atoms with Gasteiger partial charge in [0.1, 0.15) is 60.4 Å². The quantitative estimate of drug-likeness (QED) is 0.100. The molecule has 6 aromatic rings. The van der Waals surface area contributed by atoms with Crippen molar-refractivity contribution in [2.24, 2.45) is 0 Å². The van der Waals surface area contributed by atoms with E-state index in [-0.39, 0.29) is 19.8 Å². The molecule has 0 unspecified atom stereocenters. The lowest BCUT2D eigenvalue weighted by Gasteiger charge is -2.38. The number of aliphatic hydroxyl groups is 2. The number of benzene rings is 6. The first kappa shape index (κ1) is 37.0. The lowest BCUT2D eigenvalue weighted by atomic mass is 9.91. The van der Waals surface area contributed by atoms with Crippen molar-refractivity contribution in [3.63, 3.8) is 0 Å². The van der Waals surface area contributed by atoms with Gasteiger partial charge in [-0.2, -0.15) is 0 Å². The van der Waals surface area contributed by atoms with E-state index in [2.05, 4.69) is 15.9 Å². The molecule has 7 rings (SSSR count). The molecule has 0 aliphatic carbocycles. The summed E-state index contributed by atoms with van der Waals surface area (Å²) in [5.74, 6) is 2.36. The van der Waals surface area contributed by atoms with Gasteiger partial charge >= 0.3 is 0 Å². The van der Waals surface area contributed by atoms with E-state index in [1.54, 1.807) is 6.07 Å². The van der Waals surface area contributed by atoms with E-state index in [0.717, 1.165) is 22.3 Å². The van der Waals surface area contributed by atoms with E-state index in [9.17, 15) is 10.2 Å². The molecule has 0 fully saturated rings. The Morgan fingerprint density at radius 3 is 1.50 bits per heavy atom. The van der Waals surface area contributed by atoms with Crippen molar-refractivity contribution in [2.75, 3.05) is 13.2 Å². The molecule has 1 heterocycles. The third-order valence-corrected chi connectivity index (χ3v) is 9.72. The Labute approximate surface area is 323 Å². The second kappa shape index (κ2) is 18.1. The van der Waals surface area contributed by atoms with Crippen LogP contribution in [-0.2, 0) is 31.2 Å². The number of hydrogen-bond acceptors (Lipinski definition) is 8. The molecule has 0 spiro atoms. The molecule has 0 radical (unpaired) electrons. The Kier molecular flexibility index (Phi) is 12.4. The number of aliphatic hydroxyl groups excluding tert-OH is 2. The lowest BCUT2D eigenvalue weighted by Crippen LogP contribution is -2.36. The average molecular weight is 790 g/mol. The second-order valence-electron chi connectivity index (χ2n) is 12.8. The first-order valence-electron chi connectivity index (χ1n) is 17.8. The summed E-state index contributed by atoms with van der Waals surface area (Å²) in [5.41, 5.74) is 5.10. The van der Waals surface area contributed by atoms with Crippen LogP contribution in [0.1, 0.15) is 45.6 Å². The SMILES string of the molecule is OCCO[C@H]1c2c(OCc3ccccc3)cc(OCc3ccccc3)c(Br)c2O[C@H](c2ccc(OCc3ccccc3)c(OCc3ccccc3)c2)[C@H]1O. The van der Waals surface area contributed by atoms with Gasteiger partial charge in [0.15, 0.2) is 17.6 Å². The number of hydrogen-bond donors (Lipinski definition) is 2. The van der Waals surface area contributed by atoms with Gasteiger partial charge in [-0.3, -0.25) is 0 Å². The van der Waals surface area contributed by atoms with Gasteiger partial charge in [-0.05, 0) is 55.9 Å². The van der Waals surface area contributed by atoms with Crippen molar-refractivity contribution in [1.82, 2.24) is 0 Å². The largest absolute Gasteiger partial charge is 0.488 e. The monoisotopic (exact) mass is 788 g/mol. The highest BCUT2D eigenvalue weighted by Crippen LogP contribution is 2.54. The van der Waals surface area contributed by atoms with Gasteiger partial charge < -0.3 is 38.6 Å². The minimum Gasteiger partial charge on any atom is -0.488 e. The van der Waals surface area contributed by atoms with E-state index < -0.39 is 18.3 Å². The van der Waals surface area contributed by atoms with Gasteiger partial charge in [-0.25, -0.2) is 0 Å². The Balaban J connectivity index is 1.26. The molecule has 0 saturated heterocycles. The molecule has 9 heteroatoms. The molecule has 8 nitrogen and oxygen atoms in total. The standard InChI is InChI=1S/C45H41BrO8/c46-41-39(53-30-34-19-11-4-12-20-34)26-38(52-29-33-17-9-3-10-18-33)40-44(41)54-43(42(48)45(40)49-24-23-47)35-21-22-36(50-27-31-13-5-1-6-14-31)37(25-35)51-28-32-15-7-2-8-16-32/h1-22,25-26,42-43,45,47-48H,23-24,27-30H2/t42-,43-,45+/m1/s1. The molecular formula is C45H41BrO8. The van der Waals surface area contributed by atoms with Crippen molar-refractivity contribution < 1.29 is 38.6 Å². The highest BCUT2D eigenvalue weighted by Gasteiger charge is 2.43. The topological polar surface area (TPSA) is 95.8 Å². The molecular weight excluding hydrogens is 748 g/mol. The lowest BCUT2D eigenvalue weighted by molar-refractivity contribution is -0.108. The summed E-state index contributed by atoms with van der Waals surface area (Å²) in [7, 11) is 0. The van der Waals surface area contributed by atoms with E-state index in [1.807, 2.05) is 140 Å². The zero-order valence-corrected chi connectivity index (χ0v) is 31.1. The molecule has 1 aliphatic heterocycles. The van der Waals surface area contributed by atoms with Crippen LogP contribution in [0, 0.1) is 0 Å². The molecule has 54 heavy (non-hydrogen) atoms. The van der Waals surface area contributed by atoms with Crippen LogP contribution in [0.4, 0.5) is 0 Å². The molecule has 2 N–H and O–H groups in total. The molecule has 1 aliphatic rings. The molecule has 6 aromatic carbocycles. The number of ether oxygens (including phenoxy) is 6. The number of halogens is 1.